The molecule has 0 radical (unpaired) electrons. The molecule has 0 aliphatic carbocycles. The van der Waals surface area contributed by atoms with Gasteiger partial charge in [-0.2, -0.15) is 0 Å². The summed E-state index contributed by atoms with van der Waals surface area (Å²) >= 11 is 0. The van der Waals surface area contributed by atoms with E-state index in [2.05, 4.69) is 64.7 Å². The van der Waals surface area contributed by atoms with Crippen LogP contribution in [0.2, 0.25) is 0 Å². The maximum absolute atomic E-state index is 12.8. The number of carbonyl (C=O) groups is 1. The fourth-order valence-electron chi connectivity index (χ4n) is 3.84. The lowest BCUT2D eigenvalue weighted by Crippen LogP contribution is -2.19. The molecule has 0 aliphatic heterocycles. The standard InChI is InChI=1S/C29H29N3O/c1-21-19-26(17-18-30-21)25-9-13-27(14-10-25)31-29(33)22(2)24-11-15-28(16-12-24)32(3)20-23-7-5-4-6-8-23/h4-19,22H,20H2,1-3H3,(H,31,33). The van der Waals surface area contributed by atoms with Crippen LogP contribution in [0.3, 0.4) is 0 Å². The highest BCUT2D eigenvalue weighted by Gasteiger charge is 2.16. The van der Waals surface area contributed by atoms with Gasteiger partial charge in [0, 0.05) is 36.9 Å². The third kappa shape index (κ3) is 5.66. The van der Waals surface area contributed by atoms with Gasteiger partial charge in [-0.3, -0.25) is 9.78 Å². The lowest BCUT2D eigenvalue weighted by Gasteiger charge is -2.20. The van der Waals surface area contributed by atoms with Crippen LogP contribution in [0, 0.1) is 6.92 Å². The second-order valence-electron chi connectivity index (χ2n) is 8.41. The number of amides is 1. The molecule has 166 valence electrons. The number of aromatic nitrogens is 1. The molecule has 0 spiro atoms. The fraction of sp³-hybridized carbons (Fsp3) is 0.172. The summed E-state index contributed by atoms with van der Waals surface area (Å²) in [6.07, 6.45) is 1.81. The minimum absolute atomic E-state index is 0.0205. The van der Waals surface area contributed by atoms with E-state index in [1.165, 1.54) is 5.56 Å². The summed E-state index contributed by atoms with van der Waals surface area (Å²) in [6, 6.07) is 30.6. The summed E-state index contributed by atoms with van der Waals surface area (Å²) in [5.41, 5.74) is 7.37. The molecular weight excluding hydrogens is 406 g/mol. The van der Waals surface area contributed by atoms with Crippen LogP contribution in [0.1, 0.15) is 29.7 Å². The maximum atomic E-state index is 12.8. The van der Waals surface area contributed by atoms with Gasteiger partial charge in [-0.05, 0) is 72.5 Å². The van der Waals surface area contributed by atoms with E-state index in [1.807, 2.05) is 68.6 Å². The van der Waals surface area contributed by atoms with E-state index in [1.54, 1.807) is 0 Å². The lowest BCUT2D eigenvalue weighted by molar-refractivity contribution is -0.117. The first-order chi connectivity index (χ1) is 16.0. The maximum Gasteiger partial charge on any atom is 0.231 e. The normalized spacial score (nSPS) is 11.6. The molecule has 4 nitrogen and oxygen atoms in total. The molecule has 0 aliphatic rings. The predicted octanol–water partition coefficient (Wildman–Crippen LogP) is 6.44. The number of benzene rings is 3. The van der Waals surface area contributed by atoms with Crippen LogP contribution in [0.4, 0.5) is 11.4 Å². The number of anilines is 2. The quantitative estimate of drug-likeness (QED) is 0.363. The molecule has 1 N–H and O–H groups in total. The van der Waals surface area contributed by atoms with Gasteiger partial charge in [-0.1, -0.05) is 54.6 Å². The van der Waals surface area contributed by atoms with E-state index in [-0.39, 0.29) is 11.8 Å². The van der Waals surface area contributed by atoms with Gasteiger partial charge in [0.1, 0.15) is 0 Å². The van der Waals surface area contributed by atoms with Crippen molar-refractivity contribution < 1.29 is 4.79 Å². The largest absolute Gasteiger partial charge is 0.370 e. The van der Waals surface area contributed by atoms with Crippen LogP contribution in [-0.4, -0.2) is 17.9 Å². The first-order valence-corrected chi connectivity index (χ1v) is 11.2. The molecular formula is C29H29N3O. The monoisotopic (exact) mass is 435 g/mol. The molecule has 0 saturated carbocycles. The van der Waals surface area contributed by atoms with Gasteiger partial charge in [0.05, 0.1) is 5.92 Å². The van der Waals surface area contributed by atoms with Crippen LogP contribution in [0.15, 0.2) is 97.2 Å². The van der Waals surface area contributed by atoms with Crippen molar-refractivity contribution in [3.63, 3.8) is 0 Å². The highest BCUT2D eigenvalue weighted by atomic mass is 16.1. The zero-order chi connectivity index (χ0) is 23.2. The first-order valence-electron chi connectivity index (χ1n) is 11.2. The molecule has 4 rings (SSSR count). The van der Waals surface area contributed by atoms with Gasteiger partial charge in [0.2, 0.25) is 5.91 Å². The molecule has 1 unspecified atom stereocenters. The Kier molecular flexibility index (Phi) is 6.84. The predicted molar refractivity (Wildman–Crippen MR) is 136 cm³/mol. The van der Waals surface area contributed by atoms with E-state index in [9.17, 15) is 4.79 Å². The summed E-state index contributed by atoms with van der Waals surface area (Å²) in [6.45, 7) is 4.75. The Morgan fingerprint density at radius 1 is 0.909 bits per heavy atom. The minimum atomic E-state index is -0.249. The van der Waals surface area contributed by atoms with Gasteiger partial charge < -0.3 is 10.2 Å². The zero-order valence-electron chi connectivity index (χ0n) is 19.3. The molecule has 3 aromatic carbocycles. The molecule has 0 bridgehead atoms. The smallest absolute Gasteiger partial charge is 0.231 e. The van der Waals surface area contributed by atoms with Crippen molar-refractivity contribution in [3.8, 4) is 11.1 Å². The van der Waals surface area contributed by atoms with Crippen LogP contribution in [0.5, 0.6) is 0 Å². The summed E-state index contributed by atoms with van der Waals surface area (Å²) < 4.78 is 0. The summed E-state index contributed by atoms with van der Waals surface area (Å²) in [7, 11) is 2.08. The van der Waals surface area contributed by atoms with Crippen molar-refractivity contribution in [1.82, 2.24) is 4.98 Å². The molecule has 1 aromatic heterocycles. The topological polar surface area (TPSA) is 45.2 Å². The Balaban J connectivity index is 1.37. The number of hydrogen-bond donors (Lipinski definition) is 1. The molecule has 1 heterocycles. The molecule has 33 heavy (non-hydrogen) atoms. The summed E-state index contributed by atoms with van der Waals surface area (Å²) in [5, 5.41) is 3.04. The van der Waals surface area contributed by atoms with Gasteiger partial charge in [0.25, 0.3) is 0 Å². The van der Waals surface area contributed by atoms with Gasteiger partial charge in [-0.15, -0.1) is 0 Å². The minimum Gasteiger partial charge on any atom is -0.370 e. The van der Waals surface area contributed by atoms with E-state index >= 15 is 0 Å². The van der Waals surface area contributed by atoms with Crippen molar-refractivity contribution in [2.75, 3.05) is 17.3 Å². The van der Waals surface area contributed by atoms with Crippen molar-refractivity contribution in [3.05, 3.63) is 114 Å². The van der Waals surface area contributed by atoms with Crippen LogP contribution >= 0.6 is 0 Å². The highest BCUT2D eigenvalue weighted by molar-refractivity contribution is 5.95. The highest BCUT2D eigenvalue weighted by Crippen LogP contribution is 2.24. The number of pyridine rings is 1. The average Bonchev–Trinajstić information content (AvgIpc) is 2.85. The molecule has 4 aromatic rings. The number of aryl methyl sites for hydroxylation is 1. The summed E-state index contributed by atoms with van der Waals surface area (Å²) in [4.78, 5) is 19.3. The van der Waals surface area contributed by atoms with Gasteiger partial charge in [-0.25, -0.2) is 0 Å². The second kappa shape index (κ2) is 10.1. The van der Waals surface area contributed by atoms with Crippen molar-refractivity contribution in [2.24, 2.45) is 0 Å². The van der Waals surface area contributed by atoms with E-state index in [0.29, 0.717) is 0 Å². The van der Waals surface area contributed by atoms with Crippen LogP contribution in [-0.2, 0) is 11.3 Å². The van der Waals surface area contributed by atoms with E-state index in [0.717, 1.165) is 40.3 Å². The van der Waals surface area contributed by atoms with Gasteiger partial charge >= 0.3 is 0 Å². The average molecular weight is 436 g/mol. The first kappa shape index (κ1) is 22.3. The Bertz CT molecular complexity index is 1200. The third-order valence-electron chi connectivity index (χ3n) is 5.87. The molecule has 1 atom stereocenters. The summed E-state index contributed by atoms with van der Waals surface area (Å²) in [5.74, 6) is -0.270. The number of rotatable bonds is 7. The molecule has 4 heteroatoms. The van der Waals surface area contributed by atoms with E-state index < -0.39 is 0 Å². The Hall–Kier alpha value is -3.92. The number of nitrogens with one attached hydrogen (secondary N) is 1. The molecule has 0 fully saturated rings. The Morgan fingerprint density at radius 3 is 2.27 bits per heavy atom. The SMILES string of the molecule is Cc1cc(-c2ccc(NC(=O)C(C)c3ccc(N(C)Cc4ccccc4)cc3)cc2)ccn1. The van der Waals surface area contributed by atoms with Crippen LogP contribution < -0.4 is 10.2 Å². The number of nitrogens with zero attached hydrogens (tertiary/aromatic N) is 2. The number of hydrogen-bond acceptors (Lipinski definition) is 3. The van der Waals surface area contributed by atoms with Crippen molar-refractivity contribution in [1.29, 1.82) is 0 Å². The van der Waals surface area contributed by atoms with Crippen molar-refractivity contribution >= 4 is 17.3 Å². The molecule has 0 saturated heterocycles. The zero-order valence-corrected chi connectivity index (χ0v) is 19.3. The van der Waals surface area contributed by atoms with E-state index in [4.69, 9.17) is 0 Å². The Morgan fingerprint density at radius 2 is 1.61 bits per heavy atom. The van der Waals surface area contributed by atoms with Gasteiger partial charge in [0.15, 0.2) is 0 Å². The molecule has 1 amide bonds. The Labute approximate surface area is 195 Å². The fourth-order valence-corrected chi connectivity index (χ4v) is 3.84. The lowest BCUT2D eigenvalue weighted by atomic mass is 9.99. The van der Waals surface area contributed by atoms with Crippen molar-refractivity contribution in [2.45, 2.75) is 26.3 Å². The number of carbonyl (C=O) groups excluding carboxylic acids is 1. The third-order valence-corrected chi connectivity index (χ3v) is 5.87. The second-order valence-corrected chi connectivity index (χ2v) is 8.41. The van der Waals surface area contributed by atoms with Crippen LogP contribution in [0.25, 0.3) is 11.1 Å².